The summed E-state index contributed by atoms with van der Waals surface area (Å²) in [6, 6.07) is -2.18. The Bertz CT molecular complexity index is 634. The van der Waals surface area contributed by atoms with Crippen LogP contribution in [0, 0.1) is 0 Å². The number of nitrogens with zero attached hydrogens (tertiary/aromatic N) is 3. The molecule has 6 nitrogen and oxygen atoms in total. The van der Waals surface area contributed by atoms with E-state index in [0.29, 0.717) is 4.31 Å². The molecule has 0 amide bonds. The largest absolute Gasteiger partial charge is 0.407 e. The number of halogens is 3. The number of hydrogen-bond donors (Lipinski definition) is 0. The average molecular weight is 341 g/mol. The predicted molar refractivity (Wildman–Crippen MR) is 71.8 cm³/mol. The van der Waals surface area contributed by atoms with Gasteiger partial charge in [-0.25, -0.2) is 8.42 Å². The van der Waals surface area contributed by atoms with Gasteiger partial charge in [0.05, 0.1) is 24.9 Å². The van der Waals surface area contributed by atoms with Crippen molar-refractivity contribution in [2.24, 2.45) is 0 Å². The molecule has 22 heavy (non-hydrogen) atoms. The standard InChI is InChI=1S/C12H18F3N3O3S/c1-11(2,3)18-7-9(6-16-18)22(19,20)17-4-5-21-8-10(17)12(13,14)15/h6-7,10H,4-5,8H2,1-3H3. The topological polar surface area (TPSA) is 64.4 Å². The molecule has 0 saturated carbocycles. The molecule has 2 rings (SSSR count). The fraction of sp³-hybridized carbons (Fsp3) is 0.750. The fourth-order valence-corrected chi connectivity index (χ4v) is 3.59. The van der Waals surface area contributed by atoms with Crippen LogP contribution < -0.4 is 0 Å². The van der Waals surface area contributed by atoms with Crippen molar-refractivity contribution in [3.8, 4) is 0 Å². The Kier molecular flexibility index (Phi) is 4.31. The lowest BCUT2D eigenvalue weighted by Gasteiger charge is -2.35. The average Bonchev–Trinajstić information content (AvgIpc) is 2.88. The molecule has 0 spiro atoms. The summed E-state index contributed by atoms with van der Waals surface area (Å²) in [5.74, 6) is 0. The Morgan fingerprint density at radius 1 is 1.32 bits per heavy atom. The Balaban J connectivity index is 2.38. The summed E-state index contributed by atoms with van der Waals surface area (Å²) in [6.45, 7) is 4.32. The van der Waals surface area contributed by atoms with Gasteiger partial charge in [0, 0.05) is 12.7 Å². The molecule has 1 aliphatic heterocycles. The number of alkyl halides is 3. The van der Waals surface area contributed by atoms with Crippen molar-refractivity contribution in [1.82, 2.24) is 14.1 Å². The molecule has 1 fully saturated rings. The molecule has 10 heteroatoms. The van der Waals surface area contributed by atoms with Gasteiger partial charge in [-0.15, -0.1) is 0 Å². The zero-order valence-electron chi connectivity index (χ0n) is 12.5. The smallest absolute Gasteiger partial charge is 0.378 e. The molecule has 2 heterocycles. The minimum Gasteiger partial charge on any atom is -0.378 e. The third-order valence-corrected chi connectivity index (χ3v) is 5.17. The first-order valence-corrected chi connectivity index (χ1v) is 8.09. The number of ether oxygens (including phenoxy) is 1. The lowest BCUT2D eigenvalue weighted by Crippen LogP contribution is -2.55. The summed E-state index contributed by atoms with van der Waals surface area (Å²) < 4.78 is 70.7. The molecule has 0 radical (unpaired) electrons. The lowest BCUT2D eigenvalue weighted by molar-refractivity contribution is -0.196. The van der Waals surface area contributed by atoms with Crippen molar-refractivity contribution < 1.29 is 26.3 Å². The molecule has 1 unspecified atom stereocenters. The fourth-order valence-electron chi connectivity index (χ4n) is 2.08. The second-order valence-electron chi connectivity index (χ2n) is 6.04. The van der Waals surface area contributed by atoms with Crippen LogP contribution in [0.5, 0.6) is 0 Å². The molecule has 0 aliphatic carbocycles. The van der Waals surface area contributed by atoms with Gasteiger partial charge in [0.25, 0.3) is 0 Å². The maximum Gasteiger partial charge on any atom is 0.407 e. The lowest BCUT2D eigenvalue weighted by atomic mass is 10.1. The minimum atomic E-state index is -4.69. The van der Waals surface area contributed by atoms with Crippen LogP contribution in [0.25, 0.3) is 0 Å². The first-order chi connectivity index (χ1) is 9.94. The number of rotatable bonds is 2. The zero-order valence-corrected chi connectivity index (χ0v) is 13.3. The van der Waals surface area contributed by atoms with Gasteiger partial charge >= 0.3 is 6.18 Å². The van der Waals surface area contributed by atoms with E-state index in [4.69, 9.17) is 4.74 Å². The van der Waals surface area contributed by atoms with Gasteiger partial charge in [0.1, 0.15) is 10.9 Å². The molecule has 1 aliphatic rings. The molecular formula is C12H18F3N3O3S. The molecule has 1 saturated heterocycles. The molecule has 0 bridgehead atoms. The second kappa shape index (κ2) is 5.50. The van der Waals surface area contributed by atoms with Crippen LogP contribution in [0.4, 0.5) is 13.2 Å². The van der Waals surface area contributed by atoms with Crippen LogP contribution >= 0.6 is 0 Å². The third kappa shape index (κ3) is 3.28. The number of sulfonamides is 1. The van der Waals surface area contributed by atoms with E-state index >= 15 is 0 Å². The Labute approximate surface area is 126 Å². The minimum absolute atomic E-state index is 0.0702. The molecule has 1 atom stereocenters. The van der Waals surface area contributed by atoms with Gasteiger partial charge in [0.2, 0.25) is 10.0 Å². The van der Waals surface area contributed by atoms with Crippen molar-refractivity contribution in [3.63, 3.8) is 0 Å². The van der Waals surface area contributed by atoms with Crippen LogP contribution in [0.1, 0.15) is 20.8 Å². The molecular weight excluding hydrogens is 323 g/mol. The summed E-state index contributed by atoms with van der Waals surface area (Å²) >= 11 is 0. The zero-order chi connectivity index (χ0) is 16.8. The SMILES string of the molecule is CC(C)(C)n1cc(S(=O)(=O)N2CCOCC2C(F)(F)F)cn1. The quantitative estimate of drug-likeness (QED) is 0.819. The highest BCUT2D eigenvalue weighted by molar-refractivity contribution is 7.89. The van der Waals surface area contributed by atoms with E-state index in [1.807, 2.05) is 20.8 Å². The van der Waals surface area contributed by atoms with Crippen molar-refractivity contribution in [2.75, 3.05) is 19.8 Å². The first kappa shape index (κ1) is 17.2. The highest BCUT2D eigenvalue weighted by Gasteiger charge is 2.50. The van der Waals surface area contributed by atoms with E-state index in [1.165, 1.54) is 10.9 Å². The molecule has 0 N–H and O–H groups in total. The van der Waals surface area contributed by atoms with Gasteiger partial charge in [-0.1, -0.05) is 0 Å². The third-order valence-electron chi connectivity index (χ3n) is 3.31. The van der Waals surface area contributed by atoms with Gasteiger partial charge in [-0.2, -0.15) is 22.6 Å². The maximum atomic E-state index is 13.0. The molecule has 1 aromatic rings. The number of hydrogen-bond acceptors (Lipinski definition) is 4. The Morgan fingerprint density at radius 2 is 1.95 bits per heavy atom. The normalized spacial score (nSPS) is 22.0. The monoisotopic (exact) mass is 341 g/mol. The highest BCUT2D eigenvalue weighted by Crippen LogP contribution is 2.31. The van der Waals surface area contributed by atoms with Crippen molar-refractivity contribution in [2.45, 2.75) is 43.4 Å². The second-order valence-corrected chi connectivity index (χ2v) is 7.93. The number of morpholine rings is 1. The number of aromatic nitrogens is 2. The van der Waals surface area contributed by atoms with Crippen molar-refractivity contribution >= 4 is 10.0 Å². The van der Waals surface area contributed by atoms with Crippen LogP contribution in [0.3, 0.4) is 0 Å². The molecule has 1 aromatic heterocycles. The van der Waals surface area contributed by atoms with E-state index in [9.17, 15) is 21.6 Å². The molecule has 0 aromatic carbocycles. The Hall–Kier alpha value is -1.13. The van der Waals surface area contributed by atoms with Crippen molar-refractivity contribution in [1.29, 1.82) is 0 Å². The summed E-state index contributed by atoms with van der Waals surface area (Å²) in [5, 5.41) is 3.93. The Morgan fingerprint density at radius 3 is 2.45 bits per heavy atom. The highest BCUT2D eigenvalue weighted by atomic mass is 32.2. The van der Waals surface area contributed by atoms with Crippen LogP contribution in [-0.4, -0.2) is 54.5 Å². The summed E-state index contributed by atoms with van der Waals surface area (Å²) in [4.78, 5) is -0.251. The maximum absolute atomic E-state index is 13.0. The first-order valence-electron chi connectivity index (χ1n) is 6.65. The predicted octanol–water partition coefficient (Wildman–Crippen LogP) is 1.59. The molecule has 126 valence electrons. The van der Waals surface area contributed by atoms with Crippen LogP contribution in [0.2, 0.25) is 0 Å². The van der Waals surface area contributed by atoms with Gasteiger partial charge in [0.15, 0.2) is 0 Å². The summed E-state index contributed by atoms with van der Waals surface area (Å²) in [6.07, 6.45) is -2.37. The summed E-state index contributed by atoms with van der Waals surface area (Å²) in [7, 11) is -4.28. The summed E-state index contributed by atoms with van der Waals surface area (Å²) in [5.41, 5.74) is -0.470. The van der Waals surface area contributed by atoms with Gasteiger partial charge in [-0.05, 0) is 20.8 Å². The van der Waals surface area contributed by atoms with E-state index < -0.39 is 34.4 Å². The van der Waals surface area contributed by atoms with Crippen molar-refractivity contribution in [3.05, 3.63) is 12.4 Å². The van der Waals surface area contributed by atoms with E-state index in [0.717, 1.165) is 6.20 Å². The van der Waals surface area contributed by atoms with E-state index in [1.54, 1.807) is 0 Å². The van der Waals surface area contributed by atoms with E-state index in [-0.39, 0.29) is 18.0 Å². The van der Waals surface area contributed by atoms with Gasteiger partial charge < -0.3 is 4.74 Å². The van der Waals surface area contributed by atoms with E-state index in [2.05, 4.69) is 5.10 Å². The van der Waals surface area contributed by atoms with Crippen LogP contribution in [-0.2, 0) is 20.3 Å². The van der Waals surface area contributed by atoms with Crippen LogP contribution in [0.15, 0.2) is 17.3 Å². The van der Waals surface area contributed by atoms with Gasteiger partial charge in [-0.3, -0.25) is 4.68 Å².